The first-order chi connectivity index (χ1) is 9.48. The maximum absolute atomic E-state index is 13.2. The fourth-order valence-electron chi connectivity index (χ4n) is 6.42. The molecule has 5 rings (SSSR count). The van der Waals surface area contributed by atoms with Gasteiger partial charge in [0, 0.05) is 13.1 Å². The molecule has 0 aromatic carbocycles. The van der Waals surface area contributed by atoms with Crippen molar-refractivity contribution < 1.29 is 4.79 Å². The van der Waals surface area contributed by atoms with Crippen molar-refractivity contribution in [3.05, 3.63) is 0 Å². The molecule has 1 heterocycles. The number of hydrogen-bond donors (Lipinski definition) is 0. The van der Waals surface area contributed by atoms with Crippen LogP contribution in [0.4, 0.5) is 0 Å². The van der Waals surface area contributed by atoms with E-state index >= 15 is 0 Å². The van der Waals surface area contributed by atoms with E-state index in [0.29, 0.717) is 11.3 Å². The molecule has 4 aliphatic carbocycles. The normalized spacial score (nSPS) is 50.5. The Balaban J connectivity index is 1.59. The zero-order valence-corrected chi connectivity index (χ0v) is 13.3. The molecule has 1 aliphatic heterocycles. The first kappa shape index (κ1) is 13.4. The van der Waals surface area contributed by atoms with Gasteiger partial charge in [0.15, 0.2) is 0 Å². The summed E-state index contributed by atoms with van der Waals surface area (Å²) in [7, 11) is 0. The van der Waals surface area contributed by atoms with Gasteiger partial charge in [0.2, 0.25) is 5.91 Å². The van der Waals surface area contributed by atoms with Crippen LogP contribution in [0.5, 0.6) is 0 Å². The molecule has 5 fully saturated rings. The highest BCUT2D eigenvalue weighted by Gasteiger charge is 2.59. The Morgan fingerprint density at radius 3 is 2.50 bits per heavy atom. The summed E-state index contributed by atoms with van der Waals surface area (Å²) in [6.45, 7) is 4.16. The van der Waals surface area contributed by atoms with Crippen molar-refractivity contribution in [2.24, 2.45) is 22.7 Å². The predicted molar refractivity (Wildman–Crippen MR) is 80.7 cm³/mol. The summed E-state index contributed by atoms with van der Waals surface area (Å²) >= 11 is 6.30. The summed E-state index contributed by atoms with van der Waals surface area (Å²) < 4.78 is 0. The Morgan fingerprint density at radius 2 is 1.90 bits per heavy atom. The van der Waals surface area contributed by atoms with Crippen molar-refractivity contribution >= 4 is 17.5 Å². The maximum atomic E-state index is 13.2. The van der Waals surface area contributed by atoms with Crippen LogP contribution >= 0.6 is 11.6 Å². The lowest BCUT2D eigenvalue weighted by molar-refractivity contribution is -0.166. The monoisotopic (exact) mass is 295 g/mol. The second kappa shape index (κ2) is 4.38. The molecule has 20 heavy (non-hydrogen) atoms. The minimum absolute atomic E-state index is 0.00716. The highest BCUT2D eigenvalue weighted by molar-refractivity contribution is 6.21. The first-order valence-corrected chi connectivity index (χ1v) is 8.85. The number of nitrogens with zero attached hydrogens (tertiary/aromatic N) is 1. The molecule has 1 saturated heterocycles. The molecule has 3 heteroatoms. The van der Waals surface area contributed by atoms with Crippen molar-refractivity contribution in [3.8, 4) is 0 Å². The van der Waals surface area contributed by atoms with Gasteiger partial charge in [-0.15, -0.1) is 11.6 Å². The number of likely N-dealkylation sites (tertiary alicyclic amines) is 1. The molecule has 0 aromatic heterocycles. The number of amides is 1. The average Bonchev–Trinajstić information content (AvgIpc) is 2.35. The van der Waals surface area contributed by atoms with Gasteiger partial charge in [0.25, 0.3) is 0 Å². The Labute approximate surface area is 127 Å². The van der Waals surface area contributed by atoms with Crippen molar-refractivity contribution in [3.63, 3.8) is 0 Å². The van der Waals surface area contributed by atoms with E-state index in [0.717, 1.165) is 44.2 Å². The molecule has 1 amide bonds. The van der Waals surface area contributed by atoms with E-state index in [1.54, 1.807) is 0 Å². The van der Waals surface area contributed by atoms with Crippen LogP contribution < -0.4 is 0 Å². The SMILES string of the molecule is CC12CC3CC(C1)CC(C(=O)N1CCCC(Cl)C1)(C3)C2. The van der Waals surface area contributed by atoms with Crippen LogP contribution in [-0.4, -0.2) is 29.3 Å². The molecule has 0 N–H and O–H groups in total. The maximum Gasteiger partial charge on any atom is 0.228 e. The third-order valence-corrected chi connectivity index (χ3v) is 6.81. The Kier molecular flexibility index (Phi) is 2.94. The van der Waals surface area contributed by atoms with Gasteiger partial charge in [0.1, 0.15) is 0 Å². The standard InChI is InChI=1S/C17H26ClNO/c1-16-6-12-5-13(7-16)9-17(8-12,11-16)15(20)19-4-2-3-14(18)10-19/h12-14H,2-11H2,1H3. The number of alkyl halides is 1. The number of carbonyl (C=O) groups is 1. The third-order valence-electron chi connectivity index (χ3n) is 6.46. The van der Waals surface area contributed by atoms with Crippen LogP contribution in [0.15, 0.2) is 0 Å². The summed E-state index contributed by atoms with van der Waals surface area (Å²) in [6.07, 6.45) is 9.77. The number of rotatable bonds is 1. The van der Waals surface area contributed by atoms with E-state index in [-0.39, 0.29) is 10.8 Å². The molecule has 0 spiro atoms. The minimum atomic E-state index is -0.00716. The summed E-state index contributed by atoms with van der Waals surface area (Å²) in [5.74, 6) is 2.10. The summed E-state index contributed by atoms with van der Waals surface area (Å²) in [5.41, 5.74) is 0.447. The fourth-order valence-corrected chi connectivity index (χ4v) is 6.74. The molecule has 2 nitrogen and oxygen atoms in total. The molecular formula is C17H26ClNO. The molecule has 5 aliphatic rings. The lowest BCUT2D eigenvalue weighted by Crippen LogP contribution is -2.58. The largest absolute Gasteiger partial charge is 0.341 e. The second-order valence-electron chi connectivity index (χ2n) is 8.54. The topological polar surface area (TPSA) is 20.3 Å². The third kappa shape index (κ3) is 2.01. The second-order valence-corrected chi connectivity index (χ2v) is 9.16. The van der Waals surface area contributed by atoms with Crippen LogP contribution in [0.25, 0.3) is 0 Å². The number of hydrogen-bond acceptors (Lipinski definition) is 1. The zero-order chi connectivity index (χ0) is 14.0. The van der Waals surface area contributed by atoms with Gasteiger partial charge in [-0.25, -0.2) is 0 Å². The Bertz CT molecular complexity index is 421. The molecule has 4 bridgehead atoms. The number of piperidine rings is 1. The molecule has 112 valence electrons. The number of carbonyl (C=O) groups excluding carboxylic acids is 1. The van der Waals surface area contributed by atoms with Gasteiger partial charge >= 0.3 is 0 Å². The van der Waals surface area contributed by atoms with E-state index in [2.05, 4.69) is 11.8 Å². The summed E-state index contributed by atoms with van der Waals surface area (Å²) in [4.78, 5) is 15.3. The summed E-state index contributed by atoms with van der Waals surface area (Å²) in [5, 5.41) is 0.178. The summed E-state index contributed by atoms with van der Waals surface area (Å²) in [6, 6.07) is 0. The van der Waals surface area contributed by atoms with E-state index in [9.17, 15) is 4.79 Å². The van der Waals surface area contributed by atoms with Crippen LogP contribution in [0.2, 0.25) is 0 Å². The predicted octanol–water partition coefficient (Wildman–Crippen LogP) is 3.82. The van der Waals surface area contributed by atoms with Gasteiger partial charge in [-0.05, 0) is 68.6 Å². The molecule has 3 atom stereocenters. The van der Waals surface area contributed by atoms with E-state index < -0.39 is 0 Å². The molecule has 0 radical (unpaired) electrons. The Hall–Kier alpha value is -0.240. The van der Waals surface area contributed by atoms with E-state index in [1.807, 2.05) is 0 Å². The molecule has 0 aromatic rings. The van der Waals surface area contributed by atoms with Gasteiger partial charge < -0.3 is 4.90 Å². The van der Waals surface area contributed by atoms with Crippen LogP contribution in [0.1, 0.15) is 58.3 Å². The van der Waals surface area contributed by atoms with Crippen molar-refractivity contribution in [2.45, 2.75) is 63.7 Å². The van der Waals surface area contributed by atoms with Crippen LogP contribution in [0.3, 0.4) is 0 Å². The fraction of sp³-hybridized carbons (Fsp3) is 0.941. The highest BCUT2D eigenvalue weighted by atomic mass is 35.5. The Morgan fingerprint density at radius 1 is 1.20 bits per heavy atom. The van der Waals surface area contributed by atoms with Gasteiger partial charge in [-0.2, -0.15) is 0 Å². The lowest BCUT2D eigenvalue weighted by atomic mass is 9.44. The number of halogens is 1. The average molecular weight is 296 g/mol. The zero-order valence-electron chi connectivity index (χ0n) is 12.5. The molecule has 4 saturated carbocycles. The van der Waals surface area contributed by atoms with Gasteiger partial charge in [0.05, 0.1) is 10.8 Å². The van der Waals surface area contributed by atoms with Crippen LogP contribution in [-0.2, 0) is 4.79 Å². The van der Waals surface area contributed by atoms with Gasteiger partial charge in [-0.3, -0.25) is 4.79 Å². The highest BCUT2D eigenvalue weighted by Crippen LogP contribution is 2.65. The van der Waals surface area contributed by atoms with E-state index in [4.69, 9.17) is 11.6 Å². The van der Waals surface area contributed by atoms with Gasteiger partial charge in [-0.1, -0.05) is 6.92 Å². The van der Waals surface area contributed by atoms with Crippen molar-refractivity contribution in [1.29, 1.82) is 0 Å². The van der Waals surface area contributed by atoms with Crippen molar-refractivity contribution in [2.75, 3.05) is 13.1 Å². The molecule has 3 unspecified atom stereocenters. The smallest absolute Gasteiger partial charge is 0.228 e. The van der Waals surface area contributed by atoms with E-state index in [1.165, 1.54) is 32.1 Å². The first-order valence-electron chi connectivity index (χ1n) is 8.42. The quantitative estimate of drug-likeness (QED) is 0.673. The molecular weight excluding hydrogens is 270 g/mol. The minimum Gasteiger partial charge on any atom is -0.341 e. The van der Waals surface area contributed by atoms with Crippen LogP contribution in [0, 0.1) is 22.7 Å². The van der Waals surface area contributed by atoms with Crippen molar-refractivity contribution in [1.82, 2.24) is 4.90 Å². The lowest BCUT2D eigenvalue weighted by Gasteiger charge is -2.61.